The van der Waals surface area contributed by atoms with E-state index in [0.29, 0.717) is 36.6 Å². The lowest BCUT2D eigenvalue weighted by Crippen LogP contribution is -2.45. The van der Waals surface area contributed by atoms with Crippen molar-refractivity contribution in [1.29, 1.82) is 0 Å². The Hall–Kier alpha value is -3.22. The first-order valence-corrected chi connectivity index (χ1v) is 11.7. The Bertz CT molecular complexity index is 1150. The summed E-state index contributed by atoms with van der Waals surface area (Å²) in [5, 5.41) is 3.09. The minimum absolute atomic E-state index is 0.268. The largest absolute Gasteiger partial charge is 0.476 e. The Kier molecular flexibility index (Phi) is 5.64. The Morgan fingerprint density at radius 1 is 1.15 bits per heavy atom. The minimum atomic E-state index is -0.557. The van der Waals surface area contributed by atoms with E-state index in [1.807, 2.05) is 51.1 Å². The van der Waals surface area contributed by atoms with Crippen molar-refractivity contribution in [2.24, 2.45) is 5.92 Å². The smallest absolute Gasteiger partial charge is 0.272 e. The average Bonchev–Trinajstić information content (AvgIpc) is 3.72. The number of hydrogen-bond acceptors (Lipinski definition) is 6. The molecule has 0 unspecified atom stereocenters. The van der Waals surface area contributed by atoms with E-state index < -0.39 is 5.54 Å². The minimum Gasteiger partial charge on any atom is -0.476 e. The standard InChI is InChI=1S/C26H30N4O3/c1-16-20(28-24(33-16)19-7-5-4-6-8-19)13-26(2,3)30-23(31)21-14-27-22(18-11-12-18)25(29-21)32-15-17-9-10-17/h4-8,14,17-18H,9-13,15H2,1-3H3,(H,30,31). The first-order valence-electron chi connectivity index (χ1n) is 11.7. The van der Waals surface area contributed by atoms with Crippen molar-refractivity contribution in [2.45, 2.75) is 64.3 Å². The second kappa shape index (κ2) is 8.61. The van der Waals surface area contributed by atoms with Crippen LogP contribution in [0.25, 0.3) is 11.5 Å². The van der Waals surface area contributed by atoms with Crippen molar-refractivity contribution in [3.8, 4) is 17.3 Å². The maximum Gasteiger partial charge on any atom is 0.272 e. The van der Waals surface area contributed by atoms with E-state index in [2.05, 4.69) is 20.3 Å². The fraction of sp³-hybridized carbons (Fsp3) is 0.462. The molecule has 2 fully saturated rings. The van der Waals surface area contributed by atoms with E-state index in [-0.39, 0.29) is 11.6 Å². The molecule has 2 aromatic heterocycles. The van der Waals surface area contributed by atoms with Gasteiger partial charge in [0.15, 0.2) is 0 Å². The highest BCUT2D eigenvalue weighted by molar-refractivity contribution is 5.92. The molecule has 1 N–H and O–H groups in total. The van der Waals surface area contributed by atoms with Gasteiger partial charge in [0.2, 0.25) is 11.8 Å². The third kappa shape index (κ3) is 5.24. The molecule has 172 valence electrons. The van der Waals surface area contributed by atoms with Crippen LogP contribution in [0.15, 0.2) is 40.9 Å². The van der Waals surface area contributed by atoms with Crippen molar-refractivity contribution in [1.82, 2.24) is 20.3 Å². The fourth-order valence-electron chi connectivity index (χ4n) is 3.85. The highest BCUT2D eigenvalue weighted by Gasteiger charge is 2.32. The Morgan fingerprint density at radius 2 is 1.91 bits per heavy atom. The lowest BCUT2D eigenvalue weighted by Gasteiger charge is -2.25. The van der Waals surface area contributed by atoms with Gasteiger partial charge in [-0.2, -0.15) is 0 Å². The molecular formula is C26H30N4O3. The molecule has 7 heteroatoms. The van der Waals surface area contributed by atoms with Gasteiger partial charge in [0.25, 0.3) is 5.91 Å². The topological polar surface area (TPSA) is 90.1 Å². The van der Waals surface area contributed by atoms with Gasteiger partial charge >= 0.3 is 0 Å². The van der Waals surface area contributed by atoms with E-state index >= 15 is 0 Å². The van der Waals surface area contributed by atoms with Gasteiger partial charge in [-0.15, -0.1) is 0 Å². The van der Waals surface area contributed by atoms with Crippen LogP contribution in [-0.2, 0) is 6.42 Å². The number of ether oxygens (including phenoxy) is 1. The summed E-state index contributed by atoms with van der Waals surface area (Å²) in [6.07, 6.45) is 6.71. The molecule has 3 aromatic rings. The number of amides is 1. The van der Waals surface area contributed by atoms with Gasteiger partial charge < -0.3 is 14.5 Å². The van der Waals surface area contributed by atoms with Gasteiger partial charge in [0, 0.05) is 23.4 Å². The van der Waals surface area contributed by atoms with Crippen LogP contribution in [0.4, 0.5) is 0 Å². The molecule has 0 atom stereocenters. The van der Waals surface area contributed by atoms with Crippen molar-refractivity contribution in [3.05, 3.63) is 59.4 Å². The van der Waals surface area contributed by atoms with Crippen molar-refractivity contribution < 1.29 is 13.9 Å². The number of hydrogen-bond donors (Lipinski definition) is 1. The second-order valence-corrected chi connectivity index (χ2v) is 9.88. The zero-order valence-corrected chi connectivity index (χ0v) is 19.4. The molecule has 2 aliphatic carbocycles. The Balaban J connectivity index is 1.29. The predicted octanol–water partition coefficient (Wildman–Crippen LogP) is 4.86. The maximum absolute atomic E-state index is 13.0. The van der Waals surface area contributed by atoms with Crippen molar-refractivity contribution in [3.63, 3.8) is 0 Å². The zero-order valence-electron chi connectivity index (χ0n) is 19.4. The van der Waals surface area contributed by atoms with Crippen LogP contribution in [0.2, 0.25) is 0 Å². The molecule has 0 saturated heterocycles. The number of carbonyl (C=O) groups excluding carboxylic acids is 1. The number of benzene rings is 1. The summed E-state index contributed by atoms with van der Waals surface area (Å²) in [5.41, 5.74) is 2.36. The first-order chi connectivity index (χ1) is 15.9. The summed E-state index contributed by atoms with van der Waals surface area (Å²) in [6.45, 7) is 6.49. The highest BCUT2D eigenvalue weighted by atomic mass is 16.5. The van der Waals surface area contributed by atoms with Gasteiger partial charge in [0.05, 0.1) is 18.5 Å². The van der Waals surface area contributed by atoms with Gasteiger partial charge in [-0.3, -0.25) is 9.78 Å². The van der Waals surface area contributed by atoms with Gasteiger partial charge in [-0.05, 0) is 64.5 Å². The summed E-state index contributed by atoms with van der Waals surface area (Å²) in [4.78, 5) is 26.8. The molecule has 2 saturated carbocycles. The molecule has 1 aromatic carbocycles. The molecule has 5 rings (SSSR count). The fourth-order valence-corrected chi connectivity index (χ4v) is 3.85. The molecule has 7 nitrogen and oxygen atoms in total. The lowest BCUT2D eigenvalue weighted by molar-refractivity contribution is 0.0905. The number of oxazole rings is 1. The van der Waals surface area contributed by atoms with Crippen LogP contribution >= 0.6 is 0 Å². The SMILES string of the molecule is Cc1oc(-c2ccccc2)nc1CC(C)(C)NC(=O)c1cnc(C2CC2)c(OCC2CC2)n1. The van der Waals surface area contributed by atoms with Crippen LogP contribution in [0.1, 0.15) is 73.1 Å². The number of rotatable bonds is 9. The normalized spacial score (nSPS) is 16.0. The van der Waals surface area contributed by atoms with E-state index in [1.165, 1.54) is 12.8 Å². The summed E-state index contributed by atoms with van der Waals surface area (Å²) >= 11 is 0. The predicted molar refractivity (Wildman–Crippen MR) is 124 cm³/mol. The second-order valence-electron chi connectivity index (χ2n) is 9.88. The van der Waals surface area contributed by atoms with Crippen LogP contribution in [0.3, 0.4) is 0 Å². The van der Waals surface area contributed by atoms with Crippen LogP contribution < -0.4 is 10.1 Å². The molecule has 0 aliphatic heterocycles. The quantitative estimate of drug-likeness (QED) is 0.505. The third-order valence-electron chi connectivity index (χ3n) is 6.09. The average molecular weight is 447 g/mol. The highest BCUT2D eigenvalue weighted by Crippen LogP contribution is 2.43. The maximum atomic E-state index is 13.0. The Labute approximate surface area is 194 Å². The van der Waals surface area contributed by atoms with Gasteiger partial charge in [-0.1, -0.05) is 18.2 Å². The van der Waals surface area contributed by atoms with E-state index in [4.69, 9.17) is 9.15 Å². The summed E-state index contributed by atoms with van der Waals surface area (Å²) in [5.74, 6) is 2.62. The summed E-state index contributed by atoms with van der Waals surface area (Å²) in [7, 11) is 0. The van der Waals surface area contributed by atoms with Gasteiger partial charge in [-0.25, -0.2) is 9.97 Å². The monoisotopic (exact) mass is 446 g/mol. The molecule has 2 heterocycles. The molecular weight excluding hydrogens is 416 g/mol. The number of aromatic nitrogens is 3. The first kappa shape index (κ1) is 21.6. The molecule has 0 bridgehead atoms. The van der Waals surface area contributed by atoms with Crippen LogP contribution in [0.5, 0.6) is 5.88 Å². The van der Waals surface area contributed by atoms with E-state index in [0.717, 1.165) is 35.6 Å². The number of nitrogens with zero attached hydrogens (tertiary/aromatic N) is 3. The van der Waals surface area contributed by atoms with Crippen LogP contribution in [-0.4, -0.2) is 33.0 Å². The number of nitrogens with one attached hydrogen (secondary N) is 1. The molecule has 2 aliphatic rings. The molecule has 33 heavy (non-hydrogen) atoms. The van der Waals surface area contributed by atoms with Crippen LogP contribution in [0, 0.1) is 12.8 Å². The van der Waals surface area contributed by atoms with E-state index in [1.54, 1.807) is 6.20 Å². The number of aryl methyl sites for hydroxylation is 1. The summed E-state index contributed by atoms with van der Waals surface area (Å²) in [6, 6.07) is 9.80. The zero-order chi connectivity index (χ0) is 23.0. The summed E-state index contributed by atoms with van der Waals surface area (Å²) < 4.78 is 11.8. The molecule has 1 amide bonds. The lowest BCUT2D eigenvalue weighted by atomic mass is 9.97. The van der Waals surface area contributed by atoms with E-state index in [9.17, 15) is 4.79 Å². The molecule has 0 spiro atoms. The third-order valence-corrected chi connectivity index (χ3v) is 6.09. The van der Waals surface area contributed by atoms with Crippen molar-refractivity contribution >= 4 is 5.91 Å². The number of carbonyl (C=O) groups is 1. The van der Waals surface area contributed by atoms with Crippen molar-refractivity contribution in [2.75, 3.05) is 6.61 Å². The van der Waals surface area contributed by atoms with Gasteiger partial charge in [0.1, 0.15) is 17.1 Å². The Morgan fingerprint density at radius 3 is 2.61 bits per heavy atom. The molecule has 0 radical (unpaired) electrons.